The van der Waals surface area contributed by atoms with Crippen molar-refractivity contribution in [1.82, 2.24) is 0 Å². The zero-order valence-electron chi connectivity index (χ0n) is 12.3. The van der Waals surface area contributed by atoms with Gasteiger partial charge in [-0.25, -0.2) is 0 Å². The van der Waals surface area contributed by atoms with Crippen molar-refractivity contribution in [2.45, 2.75) is 0 Å². The lowest BCUT2D eigenvalue weighted by Crippen LogP contribution is -2.21. The predicted molar refractivity (Wildman–Crippen MR) is 94.8 cm³/mol. The van der Waals surface area contributed by atoms with Gasteiger partial charge in [-0.3, -0.25) is 9.59 Å². The number of nitrogens with one attached hydrogen (secondary N) is 1. The van der Waals surface area contributed by atoms with Gasteiger partial charge >= 0.3 is 0 Å². The van der Waals surface area contributed by atoms with Crippen molar-refractivity contribution in [2.24, 2.45) is 5.73 Å². The Morgan fingerprint density at radius 2 is 2.00 bits per heavy atom. The summed E-state index contributed by atoms with van der Waals surface area (Å²) in [6.45, 7) is -0.251. The Morgan fingerprint density at radius 3 is 2.65 bits per heavy atom. The van der Waals surface area contributed by atoms with Gasteiger partial charge < -0.3 is 20.5 Å². The van der Waals surface area contributed by atoms with Crippen molar-refractivity contribution >= 4 is 40.1 Å². The van der Waals surface area contributed by atoms with E-state index in [9.17, 15) is 9.59 Å². The minimum atomic E-state index is -0.638. The normalized spacial score (nSPS) is 10.0. The predicted octanol–water partition coefficient (Wildman–Crippen LogP) is 2.42. The number of anilines is 1. The van der Waals surface area contributed by atoms with Gasteiger partial charge in [0.1, 0.15) is 11.5 Å². The van der Waals surface area contributed by atoms with E-state index in [0.717, 1.165) is 3.57 Å². The molecule has 120 valence electrons. The number of benzene rings is 2. The van der Waals surface area contributed by atoms with Gasteiger partial charge in [0.15, 0.2) is 6.61 Å². The van der Waals surface area contributed by atoms with E-state index < -0.39 is 5.91 Å². The molecule has 0 heterocycles. The molecule has 2 aromatic carbocycles. The number of methoxy groups -OCH3 is 1. The van der Waals surface area contributed by atoms with Crippen molar-refractivity contribution in [3.63, 3.8) is 0 Å². The van der Waals surface area contributed by atoms with E-state index in [2.05, 4.69) is 27.9 Å². The summed E-state index contributed by atoms with van der Waals surface area (Å²) in [4.78, 5) is 23.3. The quantitative estimate of drug-likeness (QED) is 0.695. The molecule has 2 amide bonds. The van der Waals surface area contributed by atoms with E-state index in [1.54, 1.807) is 12.1 Å². The highest BCUT2D eigenvalue weighted by molar-refractivity contribution is 14.1. The molecule has 0 fully saturated rings. The first-order valence-electron chi connectivity index (χ1n) is 6.65. The van der Waals surface area contributed by atoms with E-state index >= 15 is 0 Å². The van der Waals surface area contributed by atoms with Crippen LogP contribution in [0, 0.1) is 3.57 Å². The Labute approximate surface area is 147 Å². The minimum absolute atomic E-state index is 0.188. The number of nitrogens with two attached hydrogens (primary N) is 1. The number of carbonyl (C=O) groups is 2. The molecule has 3 N–H and O–H groups in total. The van der Waals surface area contributed by atoms with Gasteiger partial charge in [-0.05, 0) is 52.9 Å². The minimum Gasteiger partial charge on any atom is -0.497 e. The first-order valence-corrected chi connectivity index (χ1v) is 7.73. The molecule has 0 aliphatic rings. The van der Waals surface area contributed by atoms with Gasteiger partial charge in [-0.1, -0.05) is 6.07 Å². The Bertz CT molecular complexity index is 734. The van der Waals surface area contributed by atoms with Crippen LogP contribution in [0.1, 0.15) is 10.4 Å². The fraction of sp³-hybridized carbons (Fsp3) is 0.125. The van der Waals surface area contributed by atoms with E-state index in [0.29, 0.717) is 11.4 Å². The zero-order chi connectivity index (χ0) is 16.8. The number of carbonyl (C=O) groups excluding carboxylic acids is 2. The molecule has 0 spiro atoms. The van der Waals surface area contributed by atoms with Crippen molar-refractivity contribution < 1.29 is 19.1 Å². The average Bonchev–Trinajstić information content (AvgIpc) is 2.52. The maximum atomic E-state index is 11.9. The summed E-state index contributed by atoms with van der Waals surface area (Å²) in [5.74, 6) is -0.274. The summed E-state index contributed by atoms with van der Waals surface area (Å²) in [6.07, 6.45) is 0. The monoisotopic (exact) mass is 426 g/mol. The maximum Gasteiger partial charge on any atom is 0.262 e. The van der Waals surface area contributed by atoms with Gasteiger partial charge in [0.05, 0.1) is 12.7 Å². The molecule has 7 heteroatoms. The number of hydrogen-bond donors (Lipinski definition) is 2. The molecule has 0 bridgehead atoms. The van der Waals surface area contributed by atoms with Crippen molar-refractivity contribution in [3.8, 4) is 11.5 Å². The van der Waals surface area contributed by atoms with Crippen LogP contribution in [0.4, 0.5) is 5.69 Å². The molecule has 0 saturated carbocycles. The summed E-state index contributed by atoms with van der Waals surface area (Å²) in [6, 6.07) is 12.0. The van der Waals surface area contributed by atoms with Crippen LogP contribution >= 0.6 is 22.6 Å². The number of halogens is 1. The lowest BCUT2D eigenvalue weighted by atomic mass is 10.2. The van der Waals surface area contributed by atoms with Gasteiger partial charge in [-0.15, -0.1) is 0 Å². The molecular weight excluding hydrogens is 411 g/mol. The van der Waals surface area contributed by atoms with E-state index in [1.165, 1.54) is 19.2 Å². The second-order valence-corrected chi connectivity index (χ2v) is 5.82. The topological polar surface area (TPSA) is 90.7 Å². The fourth-order valence-corrected chi connectivity index (χ4v) is 2.40. The lowest BCUT2D eigenvalue weighted by Gasteiger charge is -2.11. The Hall–Kier alpha value is -2.29. The maximum absolute atomic E-state index is 11.9. The summed E-state index contributed by atoms with van der Waals surface area (Å²) < 4.78 is 11.5. The van der Waals surface area contributed by atoms with Crippen LogP contribution in [0.2, 0.25) is 0 Å². The first-order chi connectivity index (χ1) is 11.0. The van der Waals surface area contributed by atoms with Gasteiger partial charge in [0.2, 0.25) is 0 Å². The van der Waals surface area contributed by atoms with Crippen molar-refractivity contribution in [3.05, 3.63) is 51.6 Å². The standard InChI is InChI=1S/C16H15IN2O4/c1-22-12-5-6-13(16(18)21)14(8-12)23-9-15(20)19-11-4-2-3-10(17)7-11/h2-8H,9H2,1H3,(H2,18,21)(H,19,20). The zero-order valence-corrected chi connectivity index (χ0v) is 14.5. The van der Waals surface area contributed by atoms with Gasteiger partial charge in [0.25, 0.3) is 11.8 Å². The highest BCUT2D eigenvalue weighted by Crippen LogP contribution is 2.24. The fourth-order valence-electron chi connectivity index (χ4n) is 1.86. The van der Waals surface area contributed by atoms with Crippen LogP contribution in [0.3, 0.4) is 0 Å². The van der Waals surface area contributed by atoms with Crippen LogP contribution in [0.25, 0.3) is 0 Å². The second kappa shape index (κ2) is 7.82. The molecule has 0 saturated heterocycles. The highest BCUT2D eigenvalue weighted by Gasteiger charge is 2.12. The largest absolute Gasteiger partial charge is 0.497 e. The van der Waals surface area contributed by atoms with Gasteiger partial charge in [0, 0.05) is 15.3 Å². The number of rotatable bonds is 6. The molecule has 2 rings (SSSR count). The smallest absolute Gasteiger partial charge is 0.262 e. The van der Waals surface area contributed by atoms with Crippen LogP contribution < -0.4 is 20.5 Å². The van der Waals surface area contributed by atoms with E-state index in [1.807, 2.05) is 18.2 Å². The Morgan fingerprint density at radius 1 is 1.22 bits per heavy atom. The van der Waals surface area contributed by atoms with E-state index in [-0.39, 0.29) is 23.8 Å². The molecule has 0 aliphatic carbocycles. The second-order valence-electron chi connectivity index (χ2n) is 4.57. The summed E-state index contributed by atoms with van der Waals surface area (Å²) >= 11 is 2.15. The number of primary amides is 1. The molecule has 0 aliphatic heterocycles. The summed E-state index contributed by atoms with van der Waals surface area (Å²) in [5, 5.41) is 2.71. The molecule has 0 aromatic heterocycles. The SMILES string of the molecule is COc1ccc(C(N)=O)c(OCC(=O)Nc2cccc(I)c2)c1. The number of hydrogen-bond acceptors (Lipinski definition) is 4. The van der Waals surface area contributed by atoms with Gasteiger partial charge in [-0.2, -0.15) is 0 Å². The van der Waals surface area contributed by atoms with Crippen LogP contribution in [-0.2, 0) is 4.79 Å². The molecule has 2 aromatic rings. The highest BCUT2D eigenvalue weighted by atomic mass is 127. The Balaban J connectivity index is 2.05. The first kappa shape index (κ1) is 17.1. The molecule has 0 unspecified atom stereocenters. The number of ether oxygens (including phenoxy) is 2. The molecule has 6 nitrogen and oxygen atoms in total. The third-order valence-electron chi connectivity index (χ3n) is 2.92. The average molecular weight is 426 g/mol. The Kier molecular flexibility index (Phi) is 5.80. The van der Waals surface area contributed by atoms with Crippen LogP contribution in [-0.4, -0.2) is 25.5 Å². The van der Waals surface area contributed by atoms with Crippen LogP contribution in [0.5, 0.6) is 11.5 Å². The third kappa shape index (κ3) is 4.85. The molecule has 0 radical (unpaired) electrons. The molecule has 0 atom stereocenters. The molecule has 23 heavy (non-hydrogen) atoms. The van der Waals surface area contributed by atoms with E-state index in [4.69, 9.17) is 15.2 Å². The summed E-state index contributed by atoms with van der Waals surface area (Å²) in [7, 11) is 1.49. The lowest BCUT2D eigenvalue weighted by molar-refractivity contribution is -0.118. The third-order valence-corrected chi connectivity index (χ3v) is 3.59. The summed E-state index contributed by atoms with van der Waals surface area (Å²) in [5.41, 5.74) is 6.15. The van der Waals surface area contributed by atoms with Crippen LogP contribution in [0.15, 0.2) is 42.5 Å². The van der Waals surface area contributed by atoms with Crippen molar-refractivity contribution in [1.29, 1.82) is 0 Å². The van der Waals surface area contributed by atoms with Crippen molar-refractivity contribution in [2.75, 3.05) is 19.0 Å². The number of amides is 2. The molecular formula is C16H15IN2O4.